The Morgan fingerprint density at radius 2 is 1.70 bits per heavy atom. The van der Waals surface area contributed by atoms with E-state index in [1.165, 1.54) is 0 Å². The summed E-state index contributed by atoms with van der Waals surface area (Å²) in [5.74, 6) is -0.786. The number of para-hydroxylation sites is 2. The van der Waals surface area contributed by atoms with Crippen LogP contribution in [0.25, 0.3) is 11.0 Å². The van der Waals surface area contributed by atoms with Crippen molar-refractivity contribution in [3.8, 4) is 0 Å². The molecular weight excluding hydrogens is 256 g/mol. The summed E-state index contributed by atoms with van der Waals surface area (Å²) in [6, 6.07) is 7.76. The highest BCUT2D eigenvalue weighted by Gasteiger charge is 2.11. The van der Waals surface area contributed by atoms with E-state index in [4.69, 9.17) is 5.11 Å². The van der Waals surface area contributed by atoms with Crippen LogP contribution in [0.1, 0.15) is 32.6 Å². The second-order valence-electron chi connectivity index (χ2n) is 4.93. The van der Waals surface area contributed by atoms with E-state index in [0.717, 1.165) is 17.5 Å². The zero-order valence-corrected chi connectivity index (χ0v) is 11.7. The van der Waals surface area contributed by atoms with Crippen LogP contribution in [0.15, 0.2) is 29.1 Å². The van der Waals surface area contributed by atoms with E-state index < -0.39 is 5.97 Å². The first kappa shape index (κ1) is 14.4. The van der Waals surface area contributed by atoms with E-state index in [-0.39, 0.29) is 12.1 Å². The van der Waals surface area contributed by atoms with Crippen LogP contribution in [-0.4, -0.2) is 20.2 Å². The first-order chi connectivity index (χ1) is 9.65. The zero-order chi connectivity index (χ0) is 14.5. The highest BCUT2D eigenvalue weighted by atomic mass is 16.4. The Labute approximate surface area is 117 Å². The average molecular weight is 276 g/mol. The van der Waals surface area contributed by atoms with E-state index in [2.05, 4.69) is 0 Å². The van der Waals surface area contributed by atoms with Gasteiger partial charge in [0.1, 0.15) is 0 Å². The van der Waals surface area contributed by atoms with Crippen molar-refractivity contribution in [3.63, 3.8) is 0 Å². The Morgan fingerprint density at radius 1 is 1.10 bits per heavy atom. The maximum atomic E-state index is 12.4. The fourth-order valence-corrected chi connectivity index (χ4v) is 2.47. The minimum Gasteiger partial charge on any atom is -0.481 e. The molecule has 0 radical (unpaired) electrons. The summed E-state index contributed by atoms with van der Waals surface area (Å²) in [6.45, 7) is 3.33. The lowest BCUT2D eigenvalue weighted by Gasteiger charge is -2.02. The Hall–Kier alpha value is -2.04. The third-order valence-electron chi connectivity index (χ3n) is 3.39. The van der Waals surface area contributed by atoms with Crippen molar-refractivity contribution in [2.75, 3.05) is 0 Å². The molecule has 0 aliphatic heterocycles. The summed E-state index contributed by atoms with van der Waals surface area (Å²) in [5.41, 5.74) is 1.89. The number of carbonyl (C=O) groups is 1. The normalized spacial score (nSPS) is 11.1. The van der Waals surface area contributed by atoms with E-state index in [1.807, 2.05) is 31.2 Å². The number of carboxylic acid groups (broad SMARTS) is 1. The molecule has 1 aromatic carbocycles. The molecule has 2 rings (SSSR count). The molecule has 0 bridgehead atoms. The number of unbranched alkanes of at least 4 members (excludes halogenated alkanes) is 1. The number of hydrogen-bond acceptors (Lipinski definition) is 2. The molecule has 0 aliphatic carbocycles. The molecule has 1 N–H and O–H groups in total. The van der Waals surface area contributed by atoms with Gasteiger partial charge in [-0.2, -0.15) is 0 Å². The number of nitrogens with zero attached hydrogens (tertiary/aromatic N) is 2. The Bertz CT molecular complexity index is 655. The molecule has 5 nitrogen and oxygen atoms in total. The van der Waals surface area contributed by atoms with Crippen molar-refractivity contribution in [3.05, 3.63) is 34.7 Å². The molecule has 0 saturated carbocycles. The molecule has 1 aromatic heterocycles. The van der Waals surface area contributed by atoms with Crippen LogP contribution in [0.4, 0.5) is 0 Å². The summed E-state index contributed by atoms with van der Waals surface area (Å²) in [7, 11) is 0. The van der Waals surface area contributed by atoms with Crippen molar-refractivity contribution in [1.82, 2.24) is 9.13 Å². The number of rotatable bonds is 7. The van der Waals surface area contributed by atoms with Gasteiger partial charge in [0.25, 0.3) is 0 Å². The van der Waals surface area contributed by atoms with Crippen LogP contribution in [0.5, 0.6) is 0 Å². The monoisotopic (exact) mass is 276 g/mol. The average Bonchev–Trinajstić information content (AvgIpc) is 2.69. The molecule has 0 aliphatic rings. The van der Waals surface area contributed by atoms with Gasteiger partial charge < -0.3 is 5.11 Å². The summed E-state index contributed by atoms with van der Waals surface area (Å²) >= 11 is 0. The molecule has 0 atom stereocenters. The topological polar surface area (TPSA) is 64.2 Å². The van der Waals surface area contributed by atoms with Crippen LogP contribution in [0.3, 0.4) is 0 Å². The lowest BCUT2D eigenvalue weighted by atomic mass is 10.2. The van der Waals surface area contributed by atoms with Gasteiger partial charge in [0.15, 0.2) is 0 Å². The number of aryl methyl sites for hydroxylation is 2. The van der Waals surface area contributed by atoms with Crippen LogP contribution in [0.2, 0.25) is 0 Å². The molecule has 0 fully saturated rings. The van der Waals surface area contributed by atoms with Gasteiger partial charge in [0.2, 0.25) is 0 Å². The van der Waals surface area contributed by atoms with E-state index >= 15 is 0 Å². The van der Waals surface area contributed by atoms with Crippen molar-refractivity contribution in [2.45, 2.75) is 45.7 Å². The molecule has 20 heavy (non-hydrogen) atoms. The standard InChI is InChI=1S/C15H20N2O3/c1-2-10-16-12-7-3-4-8-13(12)17(15(16)20)11-6-5-9-14(18)19/h3-4,7-8H,2,5-6,9-11H2,1H3,(H,18,19). The maximum absolute atomic E-state index is 12.4. The summed E-state index contributed by atoms with van der Waals surface area (Å²) in [5, 5.41) is 8.64. The first-order valence-corrected chi connectivity index (χ1v) is 7.05. The van der Waals surface area contributed by atoms with Crippen LogP contribution in [0, 0.1) is 0 Å². The largest absolute Gasteiger partial charge is 0.481 e. The van der Waals surface area contributed by atoms with Crippen molar-refractivity contribution < 1.29 is 9.90 Å². The van der Waals surface area contributed by atoms with Gasteiger partial charge in [-0.1, -0.05) is 19.1 Å². The smallest absolute Gasteiger partial charge is 0.329 e. The van der Waals surface area contributed by atoms with Gasteiger partial charge in [-0.05, 0) is 31.4 Å². The highest BCUT2D eigenvalue weighted by Crippen LogP contribution is 2.14. The van der Waals surface area contributed by atoms with Crippen molar-refractivity contribution in [2.24, 2.45) is 0 Å². The molecule has 2 aromatic rings. The fourth-order valence-electron chi connectivity index (χ4n) is 2.47. The molecule has 108 valence electrons. The summed E-state index contributed by atoms with van der Waals surface area (Å²) < 4.78 is 3.55. The number of aromatic nitrogens is 2. The minimum absolute atomic E-state index is 0.00313. The van der Waals surface area contributed by atoms with Gasteiger partial charge in [0.05, 0.1) is 11.0 Å². The lowest BCUT2D eigenvalue weighted by Crippen LogP contribution is -2.24. The highest BCUT2D eigenvalue weighted by molar-refractivity contribution is 5.76. The molecule has 5 heteroatoms. The number of carboxylic acids is 1. The van der Waals surface area contributed by atoms with E-state index in [1.54, 1.807) is 9.13 Å². The predicted molar refractivity (Wildman–Crippen MR) is 78.0 cm³/mol. The second kappa shape index (κ2) is 6.41. The number of aliphatic carboxylic acids is 1. The van der Waals surface area contributed by atoms with Gasteiger partial charge >= 0.3 is 11.7 Å². The second-order valence-corrected chi connectivity index (χ2v) is 4.93. The van der Waals surface area contributed by atoms with Crippen molar-refractivity contribution >= 4 is 17.0 Å². The molecular formula is C15H20N2O3. The van der Waals surface area contributed by atoms with E-state index in [0.29, 0.717) is 25.9 Å². The minimum atomic E-state index is -0.786. The first-order valence-electron chi connectivity index (χ1n) is 7.05. The number of benzene rings is 1. The molecule has 1 heterocycles. The Morgan fingerprint density at radius 3 is 2.25 bits per heavy atom. The summed E-state index contributed by atoms with van der Waals surface area (Å²) in [4.78, 5) is 22.9. The Kier molecular flexibility index (Phi) is 4.61. The van der Waals surface area contributed by atoms with Gasteiger partial charge in [-0.3, -0.25) is 13.9 Å². The van der Waals surface area contributed by atoms with E-state index in [9.17, 15) is 9.59 Å². The molecule has 0 unspecified atom stereocenters. The molecule has 0 spiro atoms. The predicted octanol–water partition coefficient (Wildman–Crippen LogP) is 2.47. The lowest BCUT2D eigenvalue weighted by molar-refractivity contribution is -0.137. The fraction of sp³-hybridized carbons (Fsp3) is 0.467. The van der Waals surface area contributed by atoms with Crippen LogP contribution < -0.4 is 5.69 Å². The zero-order valence-electron chi connectivity index (χ0n) is 11.7. The third kappa shape index (κ3) is 2.92. The van der Waals surface area contributed by atoms with Gasteiger partial charge in [-0.25, -0.2) is 4.79 Å². The molecule has 0 saturated heterocycles. The molecule has 0 amide bonds. The van der Waals surface area contributed by atoms with Crippen molar-refractivity contribution in [1.29, 1.82) is 0 Å². The van der Waals surface area contributed by atoms with Crippen LogP contribution in [-0.2, 0) is 17.9 Å². The third-order valence-corrected chi connectivity index (χ3v) is 3.39. The summed E-state index contributed by atoms with van der Waals surface area (Å²) in [6.07, 6.45) is 2.36. The Balaban J connectivity index is 2.26. The number of hydrogen-bond donors (Lipinski definition) is 1. The van der Waals surface area contributed by atoms with Gasteiger partial charge in [0, 0.05) is 19.5 Å². The van der Waals surface area contributed by atoms with Gasteiger partial charge in [-0.15, -0.1) is 0 Å². The number of fused-ring (bicyclic) bond motifs is 1. The number of imidazole rings is 1. The van der Waals surface area contributed by atoms with Crippen LogP contribution >= 0.6 is 0 Å². The quantitative estimate of drug-likeness (QED) is 0.790. The SMILES string of the molecule is CCCn1c(=O)n(CCCCC(=O)O)c2ccccc21. The maximum Gasteiger partial charge on any atom is 0.329 e.